The Morgan fingerprint density at radius 1 is 1.13 bits per heavy atom. The van der Waals surface area contributed by atoms with Crippen LogP contribution < -0.4 is 11.5 Å². The second kappa shape index (κ2) is 4.75. The number of hydrogen-bond acceptors (Lipinski definition) is 3. The van der Waals surface area contributed by atoms with Gasteiger partial charge in [0, 0.05) is 31.7 Å². The molecule has 0 aliphatic carbocycles. The van der Waals surface area contributed by atoms with Crippen molar-refractivity contribution in [3.63, 3.8) is 0 Å². The van der Waals surface area contributed by atoms with Crippen molar-refractivity contribution in [2.24, 2.45) is 11.5 Å². The number of nitrogens with zero attached hydrogens (tertiary/aromatic N) is 1. The van der Waals surface area contributed by atoms with Crippen LogP contribution in [-0.4, -0.2) is 30.1 Å². The maximum absolute atomic E-state index is 5.96. The molecule has 1 heterocycles. The van der Waals surface area contributed by atoms with Crippen LogP contribution in [0.1, 0.15) is 12.0 Å². The van der Waals surface area contributed by atoms with E-state index in [1.165, 1.54) is 5.56 Å². The van der Waals surface area contributed by atoms with Gasteiger partial charge < -0.3 is 11.5 Å². The van der Waals surface area contributed by atoms with Crippen molar-refractivity contribution in [2.45, 2.75) is 25.0 Å². The summed E-state index contributed by atoms with van der Waals surface area (Å²) >= 11 is 0. The number of hydrogen-bond donors (Lipinski definition) is 2. The highest BCUT2D eigenvalue weighted by molar-refractivity contribution is 5.14. The first-order valence-corrected chi connectivity index (χ1v) is 5.53. The third-order valence-corrected chi connectivity index (χ3v) is 3.05. The van der Waals surface area contributed by atoms with Crippen molar-refractivity contribution < 1.29 is 0 Å². The predicted molar refractivity (Wildman–Crippen MR) is 62.3 cm³/mol. The van der Waals surface area contributed by atoms with Gasteiger partial charge in [-0.3, -0.25) is 4.90 Å². The molecule has 0 bridgehead atoms. The smallest absolute Gasteiger partial charge is 0.0322 e. The Labute approximate surface area is 91.1 Å². The van der Waals surface area contributed by atoms with Gasteiger partial charge in [0.1, 0.15) is 0 Å². The largest absolute Gasteiger partial charge is 0.326 e. The van der Waals surface area contributed by atoms with Gasteiger partial charge in [0.05, 0.1) is 0 Å². The van der Waals surface area contributed by atoms with Crippen LogP contribution in [0.2, 0.25) is 0 Å². The van der Waals surface area contributed by atoms with E-state index in [0.717, 1.165) is 26.1 Å². The average Bonchev–Trinajstić information content (AvgIpc) is 2.25. The zero-order valence-electron chi connectivity index (χ0n) is 8.97. The molecule has 2 rings (SSSR count). The van der Waals surface area contributed by atoms with E-state index in [1.807, 2.05) is 6.07 Å². The first-order valence-electron chi connectivity index (χ1n) is 5.53. The summed E-state index contributed by atoms with van der Waals surface area (Å²) in [5.74, 6) is 0. The van der Waals surface area contributed by atoms with Crippen molar-refractivity contribution >= 4 is 0 Å². The van der Waals surface area contributed by atoms with Crippen molar-refractivity contribution in [1.82, 2.24) is 4.90 Å². The quantitative estimate of drug-likeness (QED) is 0.741. The van der Waals surface area contributed by atoms with Crippen LogP contribution in [0.3, 0.4) is 0 Å². The zero-order chi connectivity index (χ0) is 10.7. The molecule has 0 saturated carbocycles. The fraction of sp³-hybridized carbons (Fsp3) is 0.500. The number of piperidine rings is 1. The molecule has 1 saturated heterocycles. The summed E-state index contributed by atoms with van der Waals surface area (Å²) in [7, 11) is 0. The molecule has 3 nitrogen and oxygen atoms in total. The Bertz CT molecular complexity index is 299. The van der Waals surface area contributed by atoms with Gasteiger partial charge >= 0.3 is 0 Å². The molecular weight excluding hydrogens is 186 g/mol. The number of rotatable bonds is 2. The summed E-state index contributed by atoms with van der Waals surface area (Å²) in [5, 5.41) is 0. The minimum Gasteiger partial charge on any atom is -0.326 e. The van der Waals surface area contributed by atoms with Crippen molar-refractivity contribution in [3.8, 4) is 0 Å². The maximum atomic E-state index is 5.96. The van der Waals surface area contributed by atoms with E-state index < -0.39 is 0 Å². The molecule has 0 spiro atoms. The summed E-state index contributed by atoms with van der Waals surface area (Å²) in [6, 6.07) is 10.8. The molecule has 3 heteroatoms. The Morgan fingerprint density at radius 2 is 1.87 bits per heavy atom. The lowest BCUT2D eigenvalue weighted by Crippen LogP contribution is -2.54. The second-order valence-corrected chi connectivity index (χ2v) is 4.34. The van der Waals surface area contributed by atoms with Gasteiger partial charge in [-0.1, -0.05) is 30.3 Å². The van der Waals surface area contributed by atoms with Gasteiger partial charge in [0.15, 0.2) is 0 Å². The van der Waals surface area contributed by atoms with Gasteiger partial charge in [-0.15, -0.1) is 0 Å². The predicted octanol–water partition coefficient (Wildman–Crippen LogP) is 0.547. The van der Waals surface area contributed by atoms with E-state index in [1.54, 1.807) is 0 Å². The molecule has 0 radical (unpaired) electrons. The topological polar surface area (TPSA) is 55.3 Å². The van der Waals surface area contributed by atoms with Crippen molar-refractivity contribution in [1.29, 1.82) is 0 Å². The molecule has 2 unspecified atom stereocenters. The summed E-state index contributed by atoms with van der Waals surface area (Å²) in [6.45, 7) is 2.96. The maximum Gasteiger partial charge on any atom is 0.0322 e. The van der Waals surface area contributed by atoms with E-state index >= 15 is 0 Å². The summed E-state index contributed by atoms with van der Waals surface area (Å²) < 4.78 is 0. The molecule has 4 N–H and O–H groups in total. The van der Waals surface area contributed by atoms with E-state index in [0.29, 0.717) is 0 Å². The summed E-state index contributed by atoms with van der Waals surface area (Å²) in [4.78, 5) is 2.38. The molecule has 82 valence electrons. The number of nitrogens with two attached hydrogens (primary N) is 2. The third-order valence-electron chi connectivity index (χ3n) is 3.05. The number of benzene rings is 1. The van der Waals surface area contributed by atoms with Gasteiger partial charge in [-0.25, -0.2) is 0 Å². The first kappa shape index (κ1) is 10.6. The number of likely N-dealkylation sites (tertiary alicyclic amines) is 1. The lowest BCUT2D eigenvalue weighted by molar-refractivity contribution is 0.185. The van der Waals surface area contributed by atoms with Crippen LogP contribution in [0.15, 0.2) is 30.3 Å². The first-order chi connectivity index (χ1) is 7.25. The molecule has 1 aliphatic rings. The van der Waals surface area contributed by atoms with E-state index in [9.17, 15) is 0 Å². The van der Waals surface area contributed by atoms with Gasteiger partial charge in [0.2, 0.25) is 0 Å². The van der Waals surface area contributed by atoms with E-state index in [4.69, 9.17) is 11.5 Å². The van der Waals surface area contributed by atoms with Crippen molar-refractivity contribution in [2.75, 3.05) is 13.1 Å². The summed E-state index contributed by atoms with van der Waals surface area (Å²) in [5.41, 5.74) is 13.2. The Hall–Kier alpha value is -0.900. The van der Waals surface area contributed by atoms with Crippen LogP contribution in [0, 0.1) is 0 Å². The van der Waals surface area contributed by atoms with Crippen LogP contribution in [0.4, 0.5) is 0 Å². The highest BCUT2D eigenvalue weighted by Crippen LogP contribution is 2.11. The highest BCUT2D eigenvalue weighted by atomic mass is 15.2. The van der Waals surface area contributed by atoms with Crippen LogP contribution in [0.5, 0.6) is 0 Å². The Morgan fingerprint density at radius 3 is 2.53 bits per heavy atom. The van der Waals surface area contributed by atoms with E-state index in [-0.39, 0.29) is 12.1 Å². The van der Waals surface area contributed by atoms with Crippen LogP contribution >= 0.6 is 0 Å². The highest BCUT2D eigenvalue weighted by Gasteiger charge is 2.23. The molecule has 1 aromatic rings. The van der Waals surface area contributed by atoms with Crippen molar-refractivity contribution in [3.05, 3.63) is 35.9 Å². The third kappa shape index (κ3) is 2.78. The molecule has 1 aliphatic heterocycles. The Balaban J connectivity index is 1.91. The summed E-state index contributed by atoms with van der Waals surface area (Å²) in [6.07, 6.45) is 1.01. The standard InChI is InChI=1S/C12H19N3/c13-11-6-7-15(9-12(11)14)8-10-4-2-1-3-5-10/h1-5,11-12H,6-9,13-14H2. The molecular formula is C12H19N3. The monoisotopic (exact) mass is 205 g/mol. The second-order valence-electron chi connectivity index (χ2n) is 4.34. The SMILES string of the molecule is NC1CCN(Cc2ccccc2)CC1N. The fourth-order valence-electron chi connectivity index (χ4n) is 2.06. The Kier molecular flexibility index (Phi) is 3.36. The normalized spacial score (nSPS) is 27.9. The zero-order valence-corrected chi connectivity index (χ0v) is 8.97. The molecule has 15 heavy (non-hydrogen) atoms. The molecule has 0 aromatic heterocycles. The minimum absolute atomic E-state index is 0.127. The molecule has 1 fully saturated rings. The van der Waals surface area contributed by atoms with E-state index in [2.05, 4.69) is 29.2 Å². The fourth-order valence-corrected chi connectivity index (χ4v) is 2.06. The average molecular weight is 205 g/mol. The van der Waals surface area contributed by atoms with Crippen LogP contribution in [-0.2, 0) is 6.54 Å². The van der Waals surface area contributed by atoms with Gasteiger partial charge in [0.25, 0.3) is 0 Å². The molecule has 0 amide bonds. The molecule has 1 aromatic carbocycles. The van der Waals surface area contributed by atoms with Crippen LogP contribution in [0.25, 0.3) is 0 Å². The minimum atomic E-state index is 0.127. The van der Waals surface area contributed by atoms with Gasteiger partial charge in [-0.2, -0.15) is 0 Å². The van der Waals surface area contributed by atoms with Gasteiger partial charge in [-0.05, 0) is 12.0 Å². The lowest BCUT2D eigenvalue weighted by atomic mass is 10.0. The molecule has 2 atom stereocenters. The lowest BCUT2D eigenvalue weighted by Gasteiger charge is -2.34.